The molecule has 162 valence electrons. The third-order valence-electron chi connectivity index (χ3n) is 4.39. The van der Waals surface area contributed by atoms with Crippen LogP contribution in [0.4, 0.5) is 10.5 Å². The van der Waals surface area contributed by atoms with Crippen LogP contribution < -0.4 is 14.8 Å². The molecule has 0 radical (unpaired) electrons. The van der Waals surface area contributed by atoms with Crippen molar-refractivity contribution in [1.29, 1.82) is 0 Å². The van der Waals surface area contributed by atoms with Crippen LogP contribution in [0.1, 0.15) is 25.0 Å². The van der Waals surface area contributed by atoms with Crippen molar-refractivity contribution in [3.8, 4) is 11.5 Å². The minimum Gasteiger partial charge on any atom is -0.494 e. The van der Waals surface area contributed by atoms with Crippen molar-refractivity contribution in [2.24, 2.45) is 0 Å². The number of ether oxygens (including phenoxy) is 2. The summed E-state index contributed by atoms with van der Waals surface area (Å²) >= 11 is 0.800. The molecule has 31 heavy (non-hydrogen) atoms. The fourth-order valence-electron chi connectivity index (χ4n) is 2.93. The Bertz CT molecular complexity index is 1020. The van der Waals surface area contributed by atoms with Gasteiger partial charge in [0.15, 0.2) is 0 Å². The molecule has 1 fully saturated rings. The molecule has 1 aliphatic rings. The summed E-state index contributed by atoms with van der Waals surface area (Å²) in [4.78, 5) is 38.6. The van der Waals surface area contributed by atoms with Crippen molar-refractivity contribution in [1.82, 2.24) is 4.90 Å². The number of hydrogen-bond donors (Lipinski definition) is 1. The van der Waals surface area contributed by atoms with Gasteiger partial charge in [0.2, 0.25) is 5.91 Å². The Kier molecular flexibility index (Phi) is 7.36. The molecule has 1 saturated heterocycles. The van der Waals surface area contributed by atoms with Gasteiger partial charge in [-0.05, 0) is 62.9 Å². The highest BCUT2D eigenvalue weighted by Gasteiger charge is 2.36. The second kappa shape index (κ2) is 10.2. The van der Waals surface area contributed by atoms with Crippen molar-refractivity contribution < 1.29 is 23.9 Å². The summed E-state index contributed by atoms with van der Waals surface area (Å²) in [6.45, 7) is 6.31. The molecule has 1 aliphatic heterocycles. The monoisotopic (exact) mass is 440 g/mol. The lowest BCUT2D eigenvalue weighted by molar-refractivity contribution is -0.127. The van der Waals surface area contributed by atoms with Gasteiger partial charge in [-0.15, -0.1) is 0 Å². The lowest BCUT2D eigenvalue weighted by Gasteiger charge is -2.13. The molecule has 3 amide bonds. The van der Waals surface area contributed by atoms with E-state index in [0.29, 0.717) is 36.0 Å². The van der Waals surface area contributed by atoms with E-state index in [4.69, 9.17) is 9.47 Å². The minimum absolute atomic E-state index is 0.234. The highest BCUT2D eigenvalue weighted by Crippen LogP contribution is 2.35. The molecule has 0 bridgehead atoms. The van der Waals surface area contributed by atoms with Gasteiger partial charge in [-0.2, -0.15) is 0 Å². The zero-order chi connectivity index (χ0) is 22.4. The van der Waals surface area contributed by atoms with Crippen LogP contribution in [0.15, 0.2) is 47.4 Å². The molecule has 1 heterocycles. The number of amides is 3. The molecule has 3 rings (SSSR count). The highest BCUT2D eigenvalue weighted by molar-refractivity contribution is 8.18. The van der Waals surface area contributed by atoms with E-state index >= 15 is 0 Å². The Morgan fingerprint density at radius 1 is 1.06 bits per heavy atom. The lowest BCUT2D eigenvalue weighted by atomic mass is 10.1. The summed E-state index contributed by atoms with van der Waals surface area (Å²) in [7, 11) is 0. The molecule has 0 aromatic heterocycles. The number of nitrogens with one attached hydrogen (secondary N) is 1. The molecule has 8 heteroatoms. The van der Waals surface area contributed by atoms with Crippen LogP contribution in [0.25, 0.3) is 6.08 Å². The first-order valence-electron chi connectivity index (χ1n) is 9.92. The number of carbonyl (C=O) groups is 3. The zero-order valence-electron chi connectivity index (χ0n) is 17.6. The van der Waals surface area contributed by atoms with Gasteiger partial charge < -0.3 is 14.8 Å². The van der Waals surface area contributed by atoms with Gasteiger partial charge in [-0.25, -0.2) is 0 Å². The van der Waals surface area contributed by atoms with Crippen molar-refractivity contribution in [3.63, 3.8) is 0 Å². The summed E-state index contributed by atoms with van der Waals surface area (Å²) in [6, 6.07) is 12.6. The van der Waals surface area contributed by atoms with Crippen LogP contribution in [0.2, 0.25) is 0 Å². The topological polar surface area (TPSA) is 84.9 Å². The van der Waals surface area contributed by atoms with Crippen molar-refractivity contribution in [2.75, 3.05) is 25.1 Å². The van der Waals surface area contributed by atoms with E-state index in [2.05, 4.69) is 5.32 Å². The number of hydrogen-bond acceptors (Lipinski definition) is 6. The summed E-state index contributed by atoms with van der Waals surface area (Å²) in [5.74, 6) is 0.259. The van der Waals surface area contributed by atoms with Crippen LogP contribution in [-0.2, 0) is 9.59 Å². The van der Waals surface area contributed by atoms with Gasteiger partial charge in [0.1, 0.15) is 18.0 Å². The number of carbonyl (C=O) groups excluding carboxylic acids is 3. The molecule has 7 nitrogen and oxygen atoms in total. The number of benzene rings is 2. The minimum atomic E-state index is -0.509. The van der Waals surface area contributed by atoms with Crippen molar-refractivity contribution in [3.05, 3.63) is 58.5 Å². The van der Waals surface area contributed by atoms with Crippen LogP contribution in [-0.4, -0.2) is 41.7 Å². The first-order valence-corrected chi connectivity index (χ1v) is 10.7. The summed E-state index contributed by atoms with van der Waals surface area (Å²) < 4.78 is 11.1. The number of nitrogens with zero attached hydrogens (tertiary/aromatic N) is 1. The molecule has 2 aromatic carbocycles. The zero-order valence-corrected chi connectivity index (χ0v) is 18.5. The average molecular weight is 441 g/mol. The van der Waals surface area contributed by atoms with E-state index in [1.54, 1.807) is 36.4 Å². The number of aryl methyl sites for hydroxylation is 1. The fourth-order valence-corrected chi connectivity index (χ4v) is 3.76. The summed E-state index contributed by atoms with van der Waals surface area (Å²) in [6.07, 6.45) is 1.60. The van der Waals surface area contributed by atoms with Gasteiger partial charge in [0.05, 0.1) is 18.1 Å². The molecular formula is C23H24N2O5S. The Hall–Kier alpha value is -3.26. The van der Waals surface area contributed by atoms with Gasteiger partial charge >= 0.3 is 0 Å². The third kappa shape index (κ3) is 5.67. The first-order chi connectivity index (χ1) is 14.9. The van der Waals surface area contributed by atoms with Gasteiger partial charge in [-0.1, -0.05) is 17.7 Å². The lowest BCUT2D eigenvalue weighted by Crippen LogP contribution is -2.36. The van der Waals surface area contributed by atoms with E-state index in [-0.39, 0.29) is 11.4 Å². The van der Waals surface area contributed by atoms with Crippen LogP contribution >= 0.6 is 11.8 Å². The molecule has 1 N–H and O–H groups in total. The molecule has 0 unspecified atom stereocenters. The molecule has 0 saturated carbocycles. The summed E-state index contributed by atoms with van der Waals surface area (Å²) in [5, 5.41) is 2.21. The molecule has 0 atom stereocenters. The third-order valence-corrected chi connectivity index (χ3v) is 5.30. The van der Waals surface area contributed by atoms with Crippen LogP contribution in [0.5, 0.6) is 11.5 Å². The average Bonchev–Trinajstić information content (AvgIpc) is 2.99. The maximum absolute atomic E-state index is 12.8. The first kappa shape index (κ1) is 22.4. The van der Waals surface area contributed by atoms with Crippen molar-refractivity contribution in [2.45, 2.75) is 20.8 Å². The van der Waals surface area contributed by atoms with E-state index in [9.17, 15) is 14.4 Å². The van der Waals surface area contributed by atoms with E-state index in [0.717, 1.165) is 22.2 Å². The Balaban J connectivity index is 1.74. The van der Waals surface area contributed by atoms with E-state index < -0.39 is 17.1 Å². The van der Waals surface area contributed by atoms with Gasteiger partial charge in [0.25, 0.3) is 11.1 Å². The molecule has 0 aliphatic carbocycles. The van der Waals surface area contributed by atoms with Crippen LogP contribution in [0.3, 0.4) is 0 Å². The standard InChI is InChI=1S/C23H24N2O5S/c1-4-29-18-11-8-16(19(13-18)30-5-2)12-20-22(27)25(23(28)31-20)14-21(26)24-17-9-6-15(3)7-10-17/h6-13H,4-5,14H2,1-3H3,(H,24,26)/b20-12-. The van der Waals surface area contributed by atoms with Crippen molar-refractivity contribution >= 4 is 40.6 Å². The normalized spacial score (nSPS) is 14.8. The number of thioether (sulfide) groups is 1. The highest BCUT2D eigenvalue weighted by atomic mass is 32.2. The molecule has 2 aromatic rings. The van der Waals surface area contributed by atoms with E-state index in [1.165, 1.54) is 0 Å². The fraction of sp³-hybridized carbons (Fsp3) is 0.261. The second-order valence-corrected chi connectivity index (χ2v) is 7.74. The maximum Gasteiger partial charge on any atom is 0.294 e. The predicted octanol–water partition coefficient (Wildman–Crippen LogP) is 4.47. The van der Waals surface area contributed by atoms with Gasteiger partial charge in [0, 0.05) is 17.3 Å². The van der Waals surface area contributed by atoms with E-state index in [1.807, 2.05) is 32.9 Å². The van der Waals surface area contributed by atoms with Gasteiger partial charge in [-0.3, -0.25) is 19.3 Å². The smallest absolute Gasteiger partial charge is 0.294 e. The maximum atomic E-state index is 12.8. The quantitative estimate of drug-likeness (QED) is 0.610. The molecular weight excluding hydrogens is 416 g/mol. The number of anilines is 1. The second-order valence-electron chi connectivity index (χ2n) is 6.75. The number of rotatable bonds is 8. The largest absolute Gasteiger partial charge is 0.494 e. The number of imide groups is 1. The Morgan fingerprint density at radius 2 is 1.77 bits per heavy atom. The predicted molar refractivity (Wildman–Crippen MR) is 121 cm³/mol. The Labute approximate surface area is 185 Å². The Morgan fingerprint density at radius 3 is 2.45 bits per heavy atom. The molecule has 0 spiro atoms. The SMILES string of the molecule is CCOc1ccc(/C=C2\SC(=O)N(CC(=O)Nc3ccc(C)cc3)C2=O)c(OCC)c1. The van der Waals surface area contributed by atoms with Crippen LogP contribution in [0, 0.1) is 6.92 Å². The summed E-state index contributed by atoms with van der Waals surface area (Å²) in [5.41, 5.74) is 2.32.